The first-order chi connectivity index (χ1) is 4.74. The number of phenols is 1. The standard InChI is InChI=1S/C6H4FNO2/c7-5-3-4(9)1-2-6(5)8-10/h1-3,9H. The van der Waals surface area contributed by atoms with Crippen LogP contribution in [0.1, 0.15) is 0 Å². The number of hydrogen-bond acceptors (Lipinski definition) is 3. The normalized spacial score (nSPS) is 9.30. The molecule has 1 N–H and O–H groups in total. The molecular formula is C6H4FNO2. The van der Waals surface area contributed by atoms with E-state index in [0.29, 0.717) is 0 Å². The Kier molecular flexibility index (Phi) is 1.62. The first-order valence-corrected chi connectivity index (χ1v) is 2.56. The van der Waals surface area contributed by atoms with E-state index in [-0.39, 0.29) is 11.4 Å². The van der Waals surface area contributed by atoms with Crippen LogP contribution in [0.5, 0.6) is 5.75 Å². The number of benzene rings is 1. The van der Waals surface area contributed by atoms with Crippen LogP contribution in [0.15, 0.2) is 23.4 Å². The van der Waals surface area contributed by atoms with Crippen molar-refractivity contribution in [3.63, 3.8) is 0 Å². The van der Waals surface area contributed by atoms with Gasteiger partial charge in [-0.15, -0.1) is 4.91 Å². The highest BCUT2D eigenvalue weighted by atomic mass is 19.1. The topological polar surface area (TPSA) is 49.7 Å². The van der Waals surface area contributed by atoms with Crippen LogP contribution in [0.4, 0.5) is 10.1 Å². The van der Waals surface area contributed by atoms with Crippen LogP contribution in [0.25, 0.3) is 0 Å². The maximum atomic E-state index is 12.4. The van der Waals surface area contributed by atoms with E-state index in [1.807, 2.05) is 0 Å². The highest BCUT2D eigenvalue weighted by Gasteiger charge is 2.00. The molecule has 0 bridgehead atoms. The summed E-state index contributed by atoms with van der Waals surface area (Å²) in [5, 5.41) is 11.0. The van der Waals surface area contributed by atoms with Crippen molar-refractivity contribution in [2.24, 2.45) is 5.18 Å². The number of nitroso groups, excluding NO2 is 1. The zero-order chi connectivity index (χ0) is 7.56. The molecule has 0 aliphatic carbocycles. The molecule has 0 atom stereocenters. The van der Waals surface area contributed by atoms with Gasteiger partial charge in [0.25, 0.3) is 0 Å². The quantitative estimate of drug-likeness (QED) is 0.607. The fourth-order valence-corrected chi connectivity index (χ4v) is 0.570. The summed E-state index contributed by atoms with van der Waals surface area (Å²) in [5.41, 5.74) is -0.294. The molecule has 0 aromatic heterocycles. The Morgan fingerprint density at radius 1 is 1.50 bits per heavy atom. The number of rotatable bonds is 1. The lowest BCUT2D eigenvalue weighted by Gasteiger charge is -1.91. The minimum Gasteiger partial charge on any atom is -0.508 e. The lowest BCUT2D eigenvalue weighted by Crippen LogP contribution is -1.72. The fourth-order valence-electron chi connectivity index (χ4n) is 0.570. The maximum Gasteiger partial charge on any atom is 0.156 e. The second-order valence-electron chi connectivity index (χ2n) is 1.73. The summed E-state index contributed by atoms with van der Waals surface area (Å²) in [6, 6.07) is 3.13. The number of hydrogen-bond donors (Lipinski definition) is 1. The Labute approximate surface area is 56.1 Å². The van der Waals surface area contributed by atoms with Crippen molar-refractivity contribution in [3.05, 3.63) is 28.9 Å². The molecule has 1 aromatic carbocycles. The molecule has 1 aromatic rings. The molecular weight excluding hydrogens is 137 g/mol. The van der Waals surface area contributed by atoms with Gasteiger partial charge in [0.15, 0.2) is 5.82 Å². The van der Waals surface area contributed by atoms with Crippen LogP contribution in [0.2, 0.25) is 0 Å². The molecule has 4 heteroatoms. The Balaban J connectivity index is 3.19. The fraction of sp³-hybridized carbons (Fsp3) is 0. The van der Waals surface area contributed by atoms with E-state index in [9.17, 15) is 9.30 Å². The largest absolute Gasteiger partial charge is 0.508 e. The molecule has 0 saturated carbocycles. The third-order valence-corrected chi connectivity index (χ3v) is 1.03. The predicted octanol–water partition coefficient (Wildman–Crippen LogP) is 1.93. The number of nitrogens with zero attached hydrogens (tertiary/aromatic N) is 1. The number of halogens is 1. The van der Waals surface area contributed by atoms with Crippen LogP contribution >= 0.6 is 0 Å². The molecule has 0 aliphatic heterocycles. The van der Waals surface area contributed by atoms with Crippen LogP contribution in [0.3, 0.4) is 0 Å². The second kappa shape index (κ2) is 2.43. The molecule has 0 aliphatic rings. The molecule has 0 fully saturated rings. The van der Waals surface area contributed by atoms with Gasteiger partial charge in [-0.05, 0) is 17.3 Å². The van der Waals surface area contributed by atoms with E-state index in [1.165, 1.54) is 6.07 Å². The number of phenolic OH excluding ortho intramolecular Hbond substituents is 1. The smallest absolute Gasteiger partial charge is 0.156 e. The van der Waals surface area contributed by atoms with Crippen molar-refractivity contribution >= 4 is 5.69 Å². The summed E-state index contributed by atoms with van der Waals surface area (Å²) < 4.78 is 12.4. The summed E-state index contributed by atoms with van der Waals surface area (Å²) >= 11 is 0. The van der Waals surface area contributed by atoms with Crippen LogP contribution < -0.4 is 0 Å². The van der Waals surface area contributed by atoms with Crippen LogP contribution in [0, 0.1) is 10.7 Å². The molecule has 0 radical (unpaired) electrons. The predicted molar refractivity (Wildman–Crippen MR) is 33.5 cm³/mol. The molecule has 10 heavy (non-hydrogen) atoms. The molecule has 0 amide bonds. The molecule has 1 rings (SSSR count). The van der Waals surface area contributed by atoms with Crippen molar-refractivity contribution in [1.82, 2.24) is 0 Å². The van der Waals surface area contributed by atoms with E-state index in [1.54, 1.807) is 0 Å². The van der Waals surface area contributed by atoms with Crippen molar-refractivity contribution in [1.29, 1.82) is 0 Å². The molecule has 0 spiro atoms. The minimum absolute atomic E-state index is 0.218. The summed E-state index contributed by atoms with van der Waals surface area (Å²) in [5.74, 6) is -1.03. The van der Waals surface area contributed by atoms with E-state index >= 15 is 0 Å². The first kappa shape index (κ1) is 6.67. The van der Waals surface area contributed by atoms with E-state index in [2.05, 4.69) is 5.18 Å². The summed E-state index contributed by atoms with van der Waals surface area (Å²) in [7, 11) is 0. The van der Waals surface area contributed by atoms with Crippen molar-refractivity contribution in [2.45, 2.75) is 0 Å². The molecule has 0 unspecified atom stereocenters. The van der Waals surface area contributed by atoms with Crippen molar-refractivity contribution < 1.29 is 9.50 Å². The second-order valence-corrected chi connectivity index (χ2v) is 1.73. The summed E-state index contributed by atoms with van der Waals surface area (Å²) in [6.45, 7) is 0. The molecule has 0 saturated heterocycles. The van der Waals surface area contributed by atoms with Crippen LogP contribution in [-0.4, -0.2) is 5.11 Å². The highest BCUT2D eigenvalue weighted by Crippen LogP contribution is 2.21. The Hall–Kier alpha value is -1.45. The monoisotopic (exact) mass is 141 g/mol. The Bertz CT molecular complexity index is 262. The average Bonchev–Trinajstić information content (AvgIpc) is 1.88. The van der Waals surface area contributed by atoms with Gasteiger partial charge in [-0.2, -0.15) is 0 Å². The lowest BCUT2D eigenvalue weighted by molar-refractivity contribution is 0.469. The molecule has 0 heterocycles. The SMILES string of the molecule is O=Nc1ccc(O)cc1F. The van der Waals surface area contributed by atoms with Gasteiger partial charge >= 0.3 is 0 Å². The third kappa shape index (κ3) is 1.10. The van der Waals surface area contributed by atoms with Crippen molar-refractivity contribution in [3.8, 4) is 5.75 Å². The lowest BCUT2D eigenvalue weighted by atomic mass is 10.3. The van der Waals surface area contributed by atoms with E-state index in [4.69, 9.17) is 5.11 Å². The zero-order valence-corrected chi connectivity index (χ0v) is 4.91. The minimum atomic E-state index is -0.810. The van der Waals surface area contributed by atoms with Gasteiger partial charge in [-0.25, -0.2) is 4.39 Å². The van der Waals surface area contributed by atoms with Gasteiger partial charge in [0.1, 0.15) is 11.4 Å². The average molecular weight is 141 g/mol. The van der Waals surface area contributed by atoms with Crippen LogP contribution in [-0.2, 0) is 0 Å². The molecule has 3 nitrogen and oxygen atoms in total. The maximum absolute atomic E-state index is 12.4. The van der Waals surface area contributed by atoms with Gasteiger partial charge < -0.3 is 5.11 Å². The van der Waals surface area contributed by atoms with Gasteiger partial charge in [-0.1, -0.05) is 0 Å². The first-order valence-electron chi connectivity index (χ1n) is 2.56. The van der Waals surface area contributed by atoms with Crippen molar-refractivity contribution in [2.75, 3.05) is 0 Å². The Morgan fingerprint density at radius 2 is 2.20 bits per heavy atom. The zero-order valence-electron chi connectivity index (χ0n) is 4.91. The van der Waals surface area contributed by atoms with Gasteiger partial charge in [-0.3, -0.25) is 0 Å². The van der Waals surface area contributed by atoms with Gasteiger partial charge in [0.05, 0.1) is 0 Å². The summed E-state index contributed by atoms with van der Waals surface area (Å²) in [4.78, 5) is 9.77. The third-order valence-electron chi connectivity index (χ3n) is 1.03. The Morgan fingerprint density at radius 3 is 2.70 bits per heavy atom. The molecule has 52 valence electrons. The van der Waals surface area contributed by atoms with Gasteiger partial charge in [0, 0.05) is 6.07 Å². The summed E-state index contributed by atoms with van der Waals surface area (Å²) in [6.07, 6.45) is 0. The van der Waals surface area contributed by atoms with E-state index in [0.717, 1.165) is 12.1 Å². The number of aromatic hydroxyl groups is 1. The van der Waals surface area contributed by atoms with E-state index < -0.39 is 5.82 Å². The van der Waals surface area contributed by atoms with Gasteiger partial charge in [0.2, 0.25) is 0 Å². The highest BCUT2D eigenvalue weighted by molar-refractivity contribution is 5.42.